The standard InChI is InChI=1S/C22H45NO2/c1-3-5-7-9-11-12-14-16-18-20-23-21(22(24)25)19-17-15-13-10-8-6-4-2/h21,23H,3-20H2,1-2H3,(H,24,25). The van der Waals surface area contributed by atoms with Crippen molar-refractivity contribution in [1.82, 2.24) is 5.32 Å². The summed E-state index contributed by atoms with van der Waals surface area (Å²) in [5.74, 6) is -0.679. The Morgan fingerprint density at radius 2 is 1.08 bits per heavy atom. The first-order valence-corrected chi connectivity index (χ1v) is 11.2. The van der Waals surface area contributed by atoms with Gasteiger partial charge in [-0.05, 0) is 19.4 Å². The van der Waals surface area contributed by atoms with E-state index >= 15 is 0 Å². The summed E-state index contributed by atoms with van der Waals surface area (Å²) in [6, 6.07) is -0.343. The minimum Gasteiger partial charge on any atom is -0.480 e. The third kappa shape index (κ3) is 18.0. The molecule has 0 saturated carbocycles. The Morgan fingerprint density at radius 3 is 1.52 bits per heavy atom. The van der Waals surface area contributed by atoms with Gasteiger partial charge in [-0.2, -0.15) is 0 Å². The van der Waals surface area contributed by atoms with Gasteiger partial charge in [-0.3, -0.25) is 4.79 Å². The van der Waals surface area contributed by atoms with E-state index in [0.29, 0.717) is 0 Å². The van der Waals surface area contributed by atoms with Crippen LogP contribution in [0.1, 0.15) is 123 Å². The summed E-state index contributed by atoms with van der Waals surface area (Å²) in [7, 11) is 0. The van der Waals surface area contributed by atoms with Crippen LogP contribution in [-0.4, -0.2) is 23.7 Å². The molecular formula is C22H45NO2. The molecule has 0 aliphatic carbocycles. The molecular weight excluding hydrogens is 310 g/mol. The highest BCUT2D eigenvalue weighted by atomic mass is 16.4. The number of carboxylic acid groups (broad SMARTS) is 1. The van der Waals surface area contributed by atoms with Crippen LogP contribution in [0.4, 0.5) is 0 Å². The number of rotatable bonds is 20. The number of hydrogen-bond donors (Lipinski definition) is 2. The fraction of sp³-hybridized carbons (Fsp3) is 0.955. The maximum absolute atomic E-state index is 11.3. The monoisotopic (exact) mass is 355 g/mol. The molecule has 0 amide bonds. The summed E-state index contributed by atoms with van der Waals surface area (Å²) in [5.41, 5.74) is 0. The van der Waals surface area contributed by atoms with E-state index in [4.69, 9.17) is 0 Å². The molecule has 0 aromatic rings. The van der Waals surface area contributed by atoms with Crippen molar-refractivity contribution in [1.29, 1.82) is 0 Å². The maximum atomic E-state index is 11.3. The second kappa shape index (κ2) is 19.8. The molecule has 0 aliphatic rings. The van der Waals surface area contributed by atoms with Crippen molar-refractivity contribution in [3.8, 4) is 0 Å². The molecule has 0 aromatic heterocycles. The molecule has 1 unspecified atom stereocenters. The summed E-state index contributed by atoms with van der Waals surface area (Å²) in [6.07, 6.45) is 21.3. The SMILES string of the molecule is CCCCCCCCCCCNC(CCCCCCCCC)C(=O)O. The fourth-order valence-corrected chi connectivity index (χ4v) is 3.33. The molecule has 0 aromatic carbocycles. The zero-order valence-electron chi connectivity index (χ0n) is 17.2. The van der Waals surface area contributed by atoms with Crippen LogP contribution in [0.25, 0.3) is 0 Å². The molecule has 3 nitrogen and oxygen atoms in total. The van der Waals surface area contributed by atoms with Crippen molar-refractivity contribution in [2.75, 3.05) is 6.54 Å². The van der Waals surface area contributed by atoms with Gasteiger partial charge >= 0.3 is 5.97 Å². The van der Waals surface area contributed by atoms with Gasteiger partial charge in [0.25, 0.3) is 0 Å². The van der Waals surface area contributed by atoms with E-state index in [0.717, 1.165) is 25.8 Å². The van der Waals surface area contributed by atoms with E-state index in [1.807, 2.05) is 0 Å². The number of carbonyl (C=O) groups is 1. The van der Waals surface area contributed by atoms with Gasteiger partial charge in [0.05, 0.1) is 0 Å². The van der Waals surface area contributed by atoms with Crippen molar-refractivity contribution in [3.05, 3.63) is 0 Å². The number of hydrogen-bond acceptors (Lipinski definition) is 2. The number of unbranched alkanes of at least 4 members (excludes halogenated alkanes) is 14. The molecule has 150 valence electrons. The zero-order chi connectivity index (χ0) is 18.6. The summed E-state index contributed by atoms with van der Waals surface area (Å²) in [4.78, 5) is 11.3. The van der Waals surface area contributed by atoms with Crippen LogP contribution in [0.5, 0.6) is 0 Å². The molecule has 0 spiro atoms. The van der Waals surface area contributed by atoms with Gasteiger partial charge < -0.3 is 10.4 Å². The molecule has 0 bridgehead atoms. The summed E-state index contributed by atoms with van der Waals surface area (Å²) in [6.45, 7) is 5.34. The van der Waals surface area contributed by atoms with Gasteiger partial charge in [0.2, 0.25) is 0 Å². The zero-order valence-corrected chi connectivity index (χ0v) is 17.2. The van der Waals surface area contributed by atoms with Gasteiger partial charge in [-0.1, -0.05) is 110 Å². The normalized spacial score (nSPS) is 12.4. The third-order valence-corrected chi connectivity index (χ3v) is 5.07. The van der Waals surface area contributed by atoms with E-state index in [2.05, 4.69) is 19.2 Å². The minimum atomic E-state index is -0.679. The average Bonchev–Trinajstić information content (AvgIpc) is 2.60. The number of nitrogens with one attached hydrogen (secondary N) is 1. The Labute approximate surface area is 157 Å². The smallest absolute Gasteiger partial charge is 0.320 e. The molecule has 2 N–H and O–H groups in total. The highest BCUT2D eigenvalue weighted by Gasteiger charge is 2.15. The first kappa shape index (κ1) is 24.4. The Balaban J connectivity index is 3.46. The minimum absolute atomic E-state index is 0.343. The van der Waals surface area contributed by atoms with Crippen LogP contribution in [0, 0.1) is 0 Å². The van der Waals surface area contributed by atoms with Gasteiger partial charge in [0.1, 0.15) is 6.04 Å². The lowest BCUT2D eigenvalue weighted by Gasteiger charge is -2.14. The molecule has 25 heavy (non-hydrogen) atoms. The van der Waals surface area contributed by atoms with Gasteiger partial charge in [0, 0.05) is 0 Å². The van der Waals surface area contributed by atoms with Crippen molar-refractivity contribution >= 4 is 5.97 Å². The molecule has 0 fully saturated rings. The van der Waals surface area contributed by atoms with Crippen LogP contribution >= 0.6 is 0 Å². The fourth-order valence-electron chi connectivity index (χ4n) is 3.33. The molecule has 0 heterocycles. The number of carboxylic acids is 1. The largest absolute Gasteiger partial charge is 0.480 e. The van der Waals surface area contributed by atoms with Gasteiger partial charge in [-0.15, -0.1) is 0 Å². The van der Waals surface area contributed by atoms with E-state index in [9.17, 15) is 9.90 Å². The van der Waals surface area contributed by atoms with Crippen LogP contribution in [0.2, 0.25) is 0 Å². The molecule has 3 heteroatoms. The lowest BCUT2D eigenvalue weighted by molar-refractivity contribution is -0.139. The Hall–Kier alpha value is -0.570. The lowest BCUT2D eigenvalue weighted by Crippen LogP contribution is -2.37. The second-order valence-electron chi connectivity index (χ2n) is 7.58. The van der Waals surface area contributed by atoms with Crippen LogP contribution in [-0.2, 0) is 4.79 Å². The van der Waals surface area contributed by atoms with Crippen molar-refractivity contribution in [2.24, 2.45) is 0 Å². The molecule has 0 aliphatic heterocycles. The summed E-state index contributed by atoms with van der Waals surface area (Å²) >= 11 is 0. The summed E-state index contributed by atoms with van der Waals surface area (Å²) < 4.78 is 0. The van der Waals surface area contributed by atoms with Crippen LogP contribution in [0.3, 0.4) is 0 Å². The van der Waals surface area contributed by atoms with Gasteiger partial charge in [0.15, 0.2) is 0 Å². The lowest BCUT2D eigenvalue weighted by atomic mass is 10.0. The molecule has 1 atom stereocenters. The van der Waals surface area contributed by atoms with E-state index in [1.54, 1.807) is 0 Å². The Morgan fingerprint density at radius 1 is 0.680 bits per heavy atom. The van der Waals surface area contributed by atoms with Gasteiger partial charge in [-0.25, -0.2) is 0 Å². The molecule has 0 radical (unpaired) electrons. The van der Waals surface area contributed by atoms with E-state index in [1.165, 1.54) is 89.9 Å². The average molecular weight is 356 g/mol. The van der Waals surface area contributed by atoms with E-state index in [-0.39, 0.29) is 6.04 Å². The second-order valence-corrected chi connectivity index (χ2v) is 7.58. The molecule has 0 rings (SSSR count). The topological polar surface area (TPSA) is 49.3 Å². The quantitative estimate of drug-likeness (QED) is 0.239. The molecule has 0 saturated heterocycles. The van der Waals surface area contributed by atoms with Crippen LogP contribution in [0.15, 0.2) is 0 Å². The van der Waals surface area contributed by atoms with E-state index < -0.39 is 5.97 Å². The maximum Gasteiger partial charge on any atom is 0.320 e. The first-order valence-electron chi connectivity index (χ1n) is 11.2. The first-order chi connectivity index (χ1) is 12.2. The Bertz CT molecular complexity index is 281. The predicted octanol–water partition coefficient (Wildman–Crippen LogP) is 6.70. The predicted molar refractivity (Wildman–Crippen MR) is 109 cm³/mol. The summed E-state index contributed by atoms with van der Waals surface area (Å²) in [5, 5.41) is 12.6. The Kier molecular flexibility index (Phi) is 19.3. The highest BCUT2D eigenvalue weighted by molar-refractivity contribution is 5.73. The third-order valence-electron chi connectivity index (χ3n) is 5.07. The van der Waals surface area contributed by atoms with Crippen molar-refractivity contribution in [2.45, 2.75) is 129 Å². The van der Waals surface area contributed by atoms with Crippen molar-refractivity contribution < 1.29 is 9.90 Å². The van der Waals surface area contributed by atoms with Crippen LogP contribution < -0.4 is 5.32 Å². The van der Waals surface area contributed by atoms with Crippen molar-refractivity contribution in [3.63, 3.8) is 0 Å². The number of aliphatic carboxylic acids is 1. The highest BCUT2D eigenvalue weighted by Crippen LogP contribution is 2.11.